The van der Waals surface area contributed by atoms with Crippen LogP contribution in [-0.2, 0) is 19.2 Å². The Morgan fingerprint density at radius 2 is 1.18 bits per heavy atom. The van der Waals surface area contributed by atoms with E-state index in [2.05, 4.69) is 20.6 Å². The number of nitrogens with zero attached hydrogens (tertiary/aromatic N) is 2. The minimum atomic E-state index is -0.604. The number of amidine groups is 2. The van der Waals surface area contributed by atoms with Crippen molar-refractivity contribution in [2.75, 3.05) is 10.6 Å². The highest BCUT2D eigenvalue weighted by Crippen LogP contribution is 2.25. The zero-order valence-corrected chi connectivity index (χ0v) is 16.0. The van der Waals surface area contributed by atoms with Gasteiger partial charge in [0, 0.05) is 24.2 Å². The first-order chi connectivity index (χ1) is 13.3. The quantitative estimate of drug-likeness (QED) is 0.508. The van der Waals surface area contributed by atoms with E-state index in [9.17, 15) is 19.2 Å². The summed E-state index contributed by atoms with van der Waals surface area (Å²) in [4.78, 5) is 54.3. The smallest absolute Gasteiger partial charge is 0.262 e. The van der Waals surface area contributed by atoms with E-state index >= 15 is 0 Å². The highest BCUT2D eigenvalue weighted by atomic mass is 32.2. The number of aliphatic imine (C=N–C) groups is 2. The molecule has 10 nitrogen and oxygen atoms in total. The molecule has 1 aromatic rings. The van der Waals surface area contributed by atoms with Crippen LogP contribution in [0.15, 0.2) is 34.3 Å². The van der Waals surface area contributed by atoms with Crippen LogP contribution in [0.1, 0.15) is 12.8 Å². The fourth-order valence-electron chi connectivity index (χ4n) is 2.46. The van der Waals surface area contributed by atoms with Crippen molar-refractivity contribution in [3.05, 3.63) is 24.3 Å². The van der Waals surface area contributed by atoms with Gasteiger partial charge in [-0.1, -0.05) is 23.5 Å². The summed E-state index contributed by atoms with van der Waals surface area (Å²) >= 11 is 2.13. The first-order valence-electron chi connectivity index (χ1n) is 8.09. The molecule has 4 amide bonds. The maximum absolute atomic E-state index is 12.0. The van der Waals surface area contributed by atoms with Crippen molar-refractivity contribution in [2.24, 2.45) is 21.5 Å². The molecule has 12 heteroatoms. The summed E-state index contributed by atoms with van der Waals surface area (Å²) in [7, 11) is 0. The molecule has 1 aromatic carbocycles. The third-order valence-corrected chi connectivity index (χ3v) is 5.68. The lowest BCUT2D eigenvalue weighted by atomic mass is 10.2. The van der Waals surface area contributed by atoms with Gasteiger partial charge in [-0.2, -0.15) is 9.98 Å². The Hall–Kier alpha value is -2.86. The Morgan fingerprint density at radius 3 is 1.46 bits per heavy atom. The number of anilines is 2. The molecule has 2 atom stereocenters. The first-order valence-corrected chi connectivity index (χ1v) is 9.85. The Morgan fingerprint density at radius 1 is 0.821 bits per heavy atom. The van der Waals surface area contributed by atoms with E-state index in [1.807, 2.05) is 0 Å². The van der Waals surface area contributed by atoms with E-state index < -0.39 is 22.3 Å². The standard InChI is InChI=1S/C16H16N6O4S2/c17-15-21-13(25)9(27-15)5-11(23)19-7-1-2-8(4-3-7)20-12(24)6-10-14(26)22-16(18)28-10/h1-4,9-10H,5-6H2,(H,19,23)(H,20,24)(H2,17,21,25)(H2,18,22,26)/t9-,10-/m0/s1. The van der Waals surface area contributed by atoms with Crippen molar-refractivity contribution in [1.29, 1.82) is 0 Å². The molecule has 6 N–H and O–H groups in total. The van der Waals surface area contributed by atoms with Gasteiger partial charge in [0.05, 0.1) is 0 Å². The number of rotatable bonds is 6. The monoisotopic (exact) mass is 420 g/mol. The van der Waals surface area contributed by atoms with Gasteiger partial charge in [-0.3, -0.25) is 19.2 Å². The van der Waals surface area contributed by atoms with E-state index in [0.717, 1.165) is 23.5 Å². The minimum Gasteiger partial charge on any atom is -0.378 e. The average molecular weight is 420 g/mol. The Bertz CT molecular complexity index is 826. The van der Waals surface area contributed by atoms with Crippen molar-refractivity contribution in [3.8, 4) is 0 Å². The highest BCUT2D eigenvalue weighted by molar-refractivity contribution is 8.15. The van der Waals surface area contributed by atoms with Crippen molar-refractivity contribution in [2.45, 2.75) is 23.3 Å². The molecule has 146 valence electrons. The zero-order valence-electron chi connectivity index (χ0n) is 14.4. The molecule has 0 aromatic heterocycles. The zero-order chi connectivity index (χ0) is 20.3. The summed E-state index contributed by atoms with van der Waals surface area (Å²) in [6, 6.07) is 6.44. The molecule has 0 fully saturated rings. The number of carbonyl (C=O) groups excluding carboxylic acids is 4. The molecule has 0 spiro atoms. The highest BCUT2D eigenvalue weighted by Gasteiger charge is 2.30. The molecular weight excluding hydrogens is 404 g/mol. The summed E-state index contributed by atoms with van der Waals surface area (Å²) in [5, 5.41) is 4.45. The number of nitrogens with two attached hydrogens (primary N) is 2. The lowest BCUT2D eigenvalue weighted by Crippen LogP contribution is -2.22. The molecule has 2 aliphatic heterocycles. The minimum absolute atomic E-state index is 0.0372. The second kappa shape index (κ2) is 8.44. The fraction of sp³-hybridized carbons (Fsp3) is 0.250. The van der Waals surface area contributed by atoms with Gasteiger partial charge in [0.1, 0.15) is 10.5 Å². The molecule has 0 saturated heterocycles. The van der Waals surface area contributed by atoms with Crippen molar-refractivity contribution in [1.82, 2.24) is 0 Å². The van der Waals surface area contributed by atoms with E-state index in [-0.39, 0.29) is 35.0 Å². The van der Waals surface area contributed by atoms with Crippen LogP contribution in [0.4, 0.5) is 11.4 Å². The van der Waals surface area contributed by atoms with E-state index in [1.54, 1.807) is 24.3 Å². The molecule has 2 heterocycles. The van der Waals surface area contributed by atoms with Crippen molar-refractivity contribution >= 4 is 68.9 Å². The fourth-order valence-corrected chi connectivity index (χ4v) is 4.11. The predicted octanol–water partition coefficient (Wildman–Crippen LogP) is 0.257. The molecule has 0 radical (unpaired) electrons. The summed E-state index contributed by atoms with van der Waals surface area (Å²) in [6.45, 7) is 0. The number of nitrogens with one attached hydrogen (secondary N) is 2. The largest absolute Gasteiger partial charge is 0.378 e. The number of amides is 4. The Labute approximate surface area is 168 Å². The van der Waals surface area contributed by atoms with Gasteiger partial charge in [-0.15, -0.1) is 0 Å². The van der Waals surface area contributed by atoms with Crippen LogP contribution in [0.5, 0.6) is 0 Å². The second-order valence-corrected chi connectivity index (χ2v) is 8.32. The van der Waals surface area contributed by atoms with Gasteiger partial charge < -0.3 is 22.1 Å². The molecule has 28 heavy (non-hydrogen) atoms. The van der Waals surface area contributed by atoms with Crippen molar-refractivity contribution < 1.29 is 19.2 Å². The van der Waals surface area contributed by atoms with E-state index in [4.69, 9.17) is 11.5 Å². The van der Waals surface area contributed by atoms with Gasteiger partial charge in [0.25, 0.3) is 11.8 Å². The lowest BCUT2D eigenvalue weighted by molar-refractivity contribution is -0.121. The van der Waals surface area contributed by atoms with E-state index in [0.29, 0.717) is 11.4 Å². The van der Waals surface area contributed by atoms with E-state index in [1.165, 1.54) is 0 Å². The number of hydrogen-bond acceptors (Lipinski definition) is 8. The third kappa shape index (κ3) is 5.10. The molecule has 0 aliphatic carbocycles. The normalized spacial score (nSPS) is 21.3. The number of carbonyl (C=O) groups is 4. The Balaban J connectivity index is 1.47. The summed E-state index contributed by atoms with van der Waals surface area (Å²) in [6.07, 6.45) is -0.0745. The summed E-state index contributed by atoms with van der Waals surface area (Å²) in [5.74, 6) is -1.52. The van der Waals surface area contributed by atoms with Crippen LogP contribution in [0.2, 0.25) is 0 Å². The molecular formula is C16H16N6O4S2. The van der Waals surface area contributed by atoms with Gasteiger partial charge in [-0.05, 0) is 24.3 Å². The van der Waals surface area contributed by atoms with Crippen LogP contribution in [0.3, 0.4) is 0 Å². The third-order valence-electron chi connectivity index (χ3n) is 3.71. The van der Waals surface area contributed by atoms with Crippen LogP contribution in [0, 0.1) is 0 Å². The maximum atomic E-state index is 12.0. The van der Waals surface area contributed by atoms with Crippen LogP contribution >= 0.6 is 23.5 Å². The lowest BCUT2D eigenvalue weighted by Gasteiger charge is -2.10. The van der Waals surface area contributed by atoms with Gasteiger partial charge >= 0.3 is 0 Å². The molecule has 0 unspecified atom stereocenters. The Kier molecular flexibility index (Phi) is 5.99. The van der Waals surface area contributed by atoms with Gasteiger partial charge in [0.15, 0.2) is 10.3 Å². The SMILES string of the molecule is NC1=NC(=O)[C@H](CC(=O)Nc2ccc(NC(=O)C[C@@H]3SC(N)=NC3=O)cc2)S1. The summed E-state index contributed by atoms with van der Waals surface area (Å²) in [5.41, 5.74) is 11.9. The number of hydrogen-bond donors (Lipinski definition) is 4. The molecule has 2 aliphatic rings. The number of benzene rings is 1. The molecule has 0 bridgehead atoms. The maximum Gasteiger partial charge on any atom is 0.262 e. The summed E-state index contributed by atoms with van der Waals surface area (Å²) < 4.78 is 0. The molecule has 3 rings (SSSR count). The topological polar surface area (TPSA) is 169 Å². The van der Waals surface area contributed by atoms with Crippen LogP contribution in [-0.4, -0.2) is 44.5 Å². The average Bonchev–Trinajstić information content (AvgIpc) is 3.09. The molecule has 0 saturated carbocycles. The predicted molar refractivity (Wildman–Crippen MR) is 109 cm³/mol. The van der Waals surface area contributed by atoms with Crippen molar-refractivity contribution in [3.63, 3.8) is 0 Å². The number of thioether (sulfide) groups is 2. The second-order valence-electron chi connectivity index (χ2n) is 5.87. The van der Waals surface area contributed by atoms with Gasteiger partial charge in [0.2, 0.25) is 11.8 Å². The van der Waals surface area contributed by atoms with Crippen LogP contribution < -0.4 is 22.1 Å². The van der Waals surface area contributed by atoms with Crippen LogP contribution in [0.25, 0.3) is 0 Å². The van der Waals surface area contributed by atoms with Gasteiger partial charge in [-0.25, -0.2) is 0 Å². The first kappa shape index (κ1) is 19.9.